The summed E-state index contributed by atoms with van der Waals surface area (Å²) in [5.41, 5.74) is 0.988. The minimum absolute atomic E-state index is 0.173. The average Bonchev–Trinajstić information content (AvgIpc) is 2.28. The van der Waals surface area contributed by atoms with Crippen LogP contribution in [0.15, 0.2) is 24.3 Å². The summed E-state index contributed by atoms with van der Waals surface area (Å²) in [7, 11) is 0. The van der Waals surface area contributed by atoms with Gasteiger partial charge in [-0.1, -0.05) is 19.1 Å². The normalized spacial score (nSPS) is 12.7. The zero-order valence-corrected chi connectivity index (χ0v) is 10.0. The molecule has 0 aromatic heterocycles. The molecule has 0 spiro atoms. The maximum atomic E-state index is 13.1. The minimum Gasteiger partial charge on any atom is -0.382 e. The lowest BCUT2D eigenvalue weighted by atomic mass is 10.0. The first-order chi connectivity index (χ1) is 7.77. The lowest BCUT2D eigenvalue weighted by molar-refractivity contribution is 0.136. The molecule has 0 aliphatic heterocycles. The fourth-order valence-corrected chi connectivity index (χ4v) is 1.70. The van der Waals surface area contributed by atoms with Gasteiger partial charge in [0, 0.05) is 19.3 Å². The van der Waals surface area contributed by atoms with E-state index in [0.717, 1.165) is 25.1 Å². The molecule has 1 atom stereocenters. The van der Waals surface area contributed by atoms with Gasteiger partial charge in [0.2, 0.25) is 0 Å². The fraction of sp³-hybridized carbons (Fsp3) is 0.538. The Morgan fingerprint density at radius 1 is 1.38 bits per heavy atom. The Balaban J connectivity index is 2.61. The van der Waals surface area contributed by atoms with Crippen molar-refractivity contribution in [2.24, 2.45) is 0 Å². The van der Waals surface area contributed by atoms with E-state index in [1.165, 1.54) is 6.07 Å². The molecule has 1 aromatic carbocycles. The van der Waals surface area contributed by atoms with Gasteiger partial charge >= 0.3 is 0 Å². The van der Waals surface area contributed by atoms with Crippen molar-refractivity contribution in [2.45, 2.75) is 26.3 Å². The molecule has 0 heterocycles. The van der Waals surface area contributed by atoms with Crippen LogP contribution in [-0.4, -0.2) is 19.8 Å². The third kappa shape index (κ3) is 4.29. The van der Waals surface area contributed by atoms with Crippen molar-refractivity contribution < 1.29 is 9.13 Å². The molecule has 16 heavy (non-hydrogen) atoms. The summed E-state index contributed by atoms with van der Waals surface area (Å²) in [5.74, 6) is -0.184. The van der Waals surface area contributed by atoms with Crippen molar-refractivity contribution in [3.05, 3.63) is 35.6 Å². The van der Waals surface area contributed by atoms with Crippen LogP contribution < -0.4 is 5.32 Å². The Hall–Kier alpha value is -0.930. The molecular formula is C13H20FNO. The van der Waals surface area contributed by atoms with Gasteiger partial charge in [0.25, 0.3) is 0 Å². The predicted molar refractivity (Wildman–Crippen MR) is 63.9 cm³/mol. The van der Waals surface area contributed by atoms with E-state index >= 15 is 0 Å². The van der Waals surface area contributed by atoms with E-state index in [1.807, 2.05) is 19.9 Å². The largest absolute Gasteiger partial charge is 0.382 e. The molecule has 0 saturated carbocycles. The topological polar surface area (TPSA) is 21.3 Å². The average molecular weight is 225 g/mol. The second-order valence-electron chi connectivity index (χ2n) is 3.65. The summed E-state index contributed by atoms with van der Waals surface area (Å²) in [6.07, 6.45) is 0.866. The summed E-state index contributed by atoms with van der Waals surface area (Å²) in [4.78, 5) is 0. The number of hydrogen-bond donors (Lipinski definition) is 1. The summed E-state index contributed by atoms with van der Waals surface area (Å²) in [6.45, 7) is 6.32. The molecule has 0 aliphatic carbocycles. The highest BCUT2D eigenvalue weighted by molar-refractivity contribution is 5.20. The highest BCUT2D eigenvalue weighted by Gasteiger charge is 2.10. The Labute approximate surface area is 96.8 Å². The smallest absolute Gasteiger partial charge is 0.123 e. The molecule has 0 saturated heterocycles. The number of benzene rings is 1. The molecule has 0 aliphatic rings. The minimum atomic E-state index is -0.184. The van der Waals surface area contributed by atoms with Crippen molar-refractivity contribution in [1.29, 1.82) is 0 Å². The van der Waals surface area contributed by atoms with Gasteiger partial charge in [-0.15, -0.1) is 0 Å². The number of nitrogens with one attached hydrogen (secondary N) is 1. The molecule has 1 aromatic rings. The summed E-state index contributed by atoms with van der Waals surface area (Å²) in [5, 5.41) is 3.34. The fourth-order valence-electron chi connectivity index (χ4n) is 1.70. The van der Waals surface area contributed by atoms with Crippen LogP contribution in [0.1, 0.15) is 31.9 Å². The molecule has 0 bridgehead atoms. The standard InChI is InChI=1S/C13H20FNO/c1-3-15-13(8-9-16-4-2)11-6-5-7-12(14)10-11/h5-7,10,13,15H,3-4,8-9H2,1-2H3. The molecule has 1 N–H and O–H groups in total. The van der Waals surface area contributed by atoms with Gasteiger partial charge in [0.1, 0.15) is 5.82 Å². The lowest BCUT2D eigenvalue weighted by Crippen LogP contribution is -2.22. The Morgan fingerprint density at radius 3 is 2.81 bits per heavy atom. The molecule has 1 rings (SSSR count). The van der Waals surface area contributed by atoms with Crippen molar-refractivity contribution in [2.75, 3.05) is 19.8 Å². The molecular weight excluding hydrogens is 205 g/mol. The second-order valence-corrected chi connectivity index (χ2v) is 3.65. The number of ether oxygens (including phenoxy) is 1. The van der Waals surface area contributed by atoms with Crippen LogP contribution in [-0.2, 0) is 4.74 Å². The van der Waals surface area contributed by atoms with Gasteiger partial charge in [-0.05, 0) is 37.6 Å². The number of halogens is 1. The van der Waals surface area contributed by atoms with E-state index in [2.05, 4.69) is 5.32 Å². The van der Waals surface area contributed by atoms with Gasteiger partial charge in [0.15, 0.2) is 0 Å². The summed E-state index contributed by atoms with van der Waals surface area (Å²) >= 11 is 0. The maximum Gasteiger partial charge on any atom is 0.123 e. The van der Waals surface area contributed by atoms with Crippen LogP contribution in [0.5, 0.6) is 0 Å². The molecule has 1 unspecified atom stereocenters. The molecule has 3 heteroatoms. The van der Waals surface area contributed by atoms with Gasteiger partial charge in [0.05, 0.1) is 0 Å². The molecule has 2 nitrogen and oxygen atoms in total. The molecule has 0 amide bonds. The first-order valence-electron chi connectivity index (χ1n) is 5.84. The highest BCUT2D eigenvalue weighted by Crippen LogP contribution is 2.17. The van der Waals surface area contributed by atoms with Crippen LogP contribution in [0.4, 0.5) is 4.39 Å². The first kappa shape index (κ1) is 13.1. The van der Waals surface area contributed by atoms with Crippen molar-refractivity contribution in [3.8, 4) is 0 Å². The van der Waals surface area contributed by atoms with Crippen LogP contribution in [0, 0.1) is 5.82 Å². The molecule has 0 fully saturated rings. The SMILES string of the molecule is CCNC(CCOCC)c1cccc(F)c1. The Bertz CT molecular complexity index is 304. The van der Waals surface area contributed by atoms with E-state index in [9.17, 15) is 4.39 Å². The van der Waals surface area contributed by atoms with Crippen LogP contribution >= 0.6 is 0 Å². The highest BCUT2D eigenvalue weighted by atomic mass is 19.1. The van der Waals surface area contributed by atoms with Crippen molar-refractivity contribution in [1.82, 2.24) is 5.32 Å². The lowest BCUT2D eigenvalue weighted by Gasteiger charge is -2.18. The zero-order valence-electron chi connectivity index (χ0n) is 10.0. The Kier molecular flexibility index (Phi) is 6.04. The van der Waals surface area contributed by atoms with E-state index in [-0.39, 0.29) is 11.9 Å². The summed E-state index contributed by atoms with van der Waals surface area (Å²) < 4.78 is 18.4. The predicted octanol–water partition coefficient (Wildman–Crippen LogP) is 2.90. The van der Waals surface area contributed by atoms with Gasteiger partial charge in [-0.2, -0.15) is 0 Å². The van der Waals surface area contributed by atoms with E-state index in [4.69, 9.17) is 4.74 Å². The molecule has 0 radical (unpaired) electrons. The van der Waals surface area contributed by atoms with E-state index in [0.29, 0.717) is 6.61 Å². The molecule has 90 valence electrons. The number of hydrogen-bond acceptors (Lipinski definition) is 2. The van der Waals surface area contributed by atoms with E-state index in [1.54, 1.807) is 12.1 Å². The third-order valence-electron chi connectivity index (χ3n) is 2.46. The van der Waals surface area contributed by atoms with E-state index < -0.39 is 0 Å². The van der Waals surface area contributed by atoms with Crippen LogP contribution in [0.25, 0.3) is 0 Å². The third-order valence-corrected chi connectivity index (χ3v) is 2.46. The summed E-state index contributed by atoms with van der Waals surface area (Å²) in [6, 6.07) is 6.92. The van der Waals surface area contributed by atoms with Gasteiger partial charge in [-0.3, -0.25) is 0 Å². The Morgan fingerprint density at radius 2 is 2.19 bits per heavy atom. The van der Waals surface area contributed by atoms with Crippen molar-refractivity contribution >= 4 is 0 Å². The quantitative estimate of drug-likeness (QED) is 0.720. The van der Waals surface area contributed by atoms with Crippen molar-refractivity contribution in [3.63, 3.8) is 0 Å². The van der Waals surface area contributed by atoms with Crippen LogP contribution in [0.3, 0.4) is 0 Å². The number of rotatable bonds is 7. The monoisotopic (exact) mass is 225 g/mol. The van der Waals surface area contributed by atoms with Gasteiger partial charge < -0.3 is 10.1 Å². The second kappa shape index (κ2) is 7.36. The van der Waals surface area contributed by atoms with Crippen LogP contribution in [0.2, 0.25) is 0 Å². The van der Waals surface area contributed by atoms with Gasteiger partial charge in [-0.25, -0.2) is 4.39 Å². The maximum absolute atomic E-state index is 13.1. The first-order valence-corrected chi connectivity index (χ1v) is 5.84. The zero-order chi connectivity index (χ0) is 11.8.